The Kier molecular flexibility index (Phi) is 10.1. The van der Waals surface area contributed by atoms with Crippen LogP contribution in [0.3, 0.4) is 0 Å². The van der Waals surface area contributed by atoms with E-state index in [0.717, 1.165) is 16.7 Å². The molecule has 11 heteroatoms. The minimum Gasteiger partial charge on any atom is -0.474 e. The van der Waals surface area contributed by atoms with E-state index in [1.807, 2.05) is 119 Å². The molecule has 0 aliphatic carbocycles. The topological polar surface area (TPSA) is 107 Å². The van der Waals surface area contributed by atoms with Crippen LogP contribution in [0.25, 0.3) is 0 Å². The fourth-order valence-corrected chi connectivity index (χ4v) is 8.22. The molecular weight excluding hydrogens is 654 g/mol. The number of carbonyl (C=O) groups excluding carboxylic acids is 1. The second-order valence-corrected chi connectivity index (χ2v) is 14.8. The minimum absolute atomic E-state index is 0.112. The van der Waals surface area contributed by atoms with Crippen LogP contribution >= 0.6 is 0 Å². The predicted octanol–water partition coefficient (Wildman–Crippen LogP) is 8.23. The van der Waals surface area contributed by atoms with Crippen LogP contribution in [-0.2, 0) is 26.7 Å². The summed E-state index contributed by atoms with van der Waals surface area (Å²) in [6.07, 6.45) is 1.17. The van der Waals surface area contributed by atoms with Gasteiger partial charge in [-0.25, -0.2) is 22.8 Å². The van der Waals surface area contributed by atoms with Crippen molar-refractivity contribution in [3.05, 3.63) is 143 Å². The van der Waals surface area contributed by atoms with Crippen LogP contribution < -0.4 is 14.8 Å². The molecule has 5 aromatic rings. The summed E-state index contributed by atoms with van der Waals surface area (Å²) in [4.78, 5) is 14.4. The lowest BCUT2D eigenvalue weighted by Gasteiger charge is -2.33. The number of hydrogen-bond donors (Lipinski definition) is 2. The molecule has 4 aromatic carbocycles. The Bertz CT molecular complexity index is 1950. The molecular formula is C39H42FN5O4S. The van der Waals surface area contributed by atoms with E-state index in [1.54, 1.807) is 11.8 Å². The van der Waals surface area contributed by atoms with E-state index in [0.29, 0.717) is 23.4 Å². The highest BCUT2D eigenvalue weighted by molar-refractivity contribution is 7.92. The number of nitrogens with one attached hydrogen (secondary N) is 2. The van der Waals surface area contributed by atoms with Gasteiger partial charge < -0.3 is 14.8 Å². The van der Waals surface area contributed by atoms with E-state index < -0.39 is 27.3 Å². The summed E-state index contributed by atoms with van der Waals surface area (Å²) in [5.41, 5.74) is 2.54. The summed E-state index contributed by atoms with van der Waals surface area (Å²) in [6.45, 7) is 8.27. The van der Waals surface area contributed by atoms with Crippen LogP contribution in [-0.4, -0.2) is 39.8 Å². The normalized spacial score (nSPS) is 15.6. The standard InChI is InChI=1S/C39H42FN5O4S/c1-26(2)33-21-31(40)22-34(27(3)4)36(33)42-38(46)43-50(47,35-23-41-45-24-32(48-5)25-49-37(35)45)44-39(28-15-9-6-10-16-28,29-17-11-7-12-18-29)30-19-13-8-14-20-30/h6-23,26-27,32H,24-25H2,1-5H3,(H2,42,43,44,46,47)/t32-,50?/m0/s1. The first kappa shape index (κ1) is 34.8. The number of anilines is 1. The molecule has 2 heterocycles. The Balaban J connectivity index is 1.61. The number of amides is 2. The van der Waals surface area contributed by atoms with Crippen molar-refractivity contribution in [2.45, 2.75) is 62.6 Å². The van der Waals surface area contributed by atoms with E-state index in [2.05, 4.69) is 15.1 Å². The van der Waals surface area contributed by atoms with Crippen LogP contribution in [0, 0.1) is 5.82 Å². The highest BCUT2D eigenvalue weighted by atomic mass is 32.2. The van der Waals surface area contributed by atoms with Crippen molar-refractivity contribution >= 4 is 21.6 Å². The summed E-state index contributed by atoms with van der Waals surface area (Å²) in [5.74, 6) is -0.389. The maximum atomic E-state index is 15.9. The SMILES string of the molecule is CO[C@@H]1COc2c(S(=O)(=NC(c3ccccc3)(c3ccccc3)c3ccccc3)NC(=O)Nc3c(C(C)C)cc(F)cc3C(C)C)cnn2C1. The van der Waals surface area contributed by atoms with Crippen LogP contribution in [0.4, 0.5) is 14.9 Å². The Morgan fingerprint density at radius 1 is 0.920 bits per heavy atom. The zero-order valence-electron chi connectivity index (χ0n) is 28.8. The highest BCUT2D eigenvalue weighted by Crippen LogP contribution is 2.43. The van der Waals surface area contributed by atoms with E-state index in [1.165, 1.54) is 18.3 Å². The first-order valence-electron chi connectivity index (χ1n) is 16.6. The third-order valence-corrected chi connectivity index (χ3v) is 10.8. The molecule has 1 aliphatic rings. The third kappa shape index (κ3) is 6.75. The van der Waals surface area contributed by atoms with Gasteiger partial charge in [0.2, 0.25) is 5.88 Å². The lowest BCUT2D eigenvalue weighted by atomic mass is 9.78. The van der Waals surface area contributed by atoms with Crippen molar-refractivity contribution in [1.82, 2.24) is 14.5 Å². The lowest BCUT2D eigenvalue weighted by Crippen LogP contribution is -2.39. The van der Waals surface area contributed by atoms with Crippen molar-refractivity contribution in [2.24, 2.45) is 4.36 Å². The smallest absolute Gasteiger partial charge is 0.331 e. The molecule has 2 N–H and O–H groups in total. The maximum Gasteiger partial charge on any atom is 0.331 e. The number of aromatic nitrogens is 2. The molecule has 1 unspecified atom stereocenters. The second-order valence-electron chi connectivity index (χ2n) is 12.9. The Labute approximate surface area is 293 Å². The number of fused-ring (bicyclic) bond motifs is 1. The zero-order valence-corrected chi connectivity index (χ0v) is 29.6. The predicted molar refractivity (Wildman–Crippen MR) is 193 cm³/mol. The van der Waals surface area contributed by atoms with Crippen molar-refractivity contribution in [3.63, 3.8) is 0 Å². The minimum atomic E-state index is -3.95. The van der Waals surface area contributed by atoms with Crippen molar-refractivity contribution < 1.29 is 22.9 Å². The molecule has 0 saturated heterocycles. The number of carbonyl (C=O) groups is 1. The largest absolute Gasteiger partial charge is 0.474 e. The number of hydrogen-bond acceptors (Lipinski definition) is 6. The van der Waals surface area contributed by atoms with Gasteiger partial charge in [-0.2, -0.15) is 9.46 Å². The quantitative estimate of drug-likeness (QED) is 0.143. The highest BCUT2D eigenvalue weighted by Gasteiger charge is 2.41. The van der Waals surface area contributed by atoms with Gasteiger partial charge >= 0.3 is 6.03 Å². The number of nitrogens with zero attached hydrogens (tertiary/aromatic N) is 3. The first-order valence-corrected chi connectivity index (χ1v) is 18.2. The number of halogens is 1. The molecule has 0 spiro atoms. The first-order chi connectivity index (χ1) is 24.1. The summed E-state index contributed by atoms with van der Waals surface area (Å²) in [5, 5.41) is 7.45. The second kappa shape index (κ2) is 14.5. The molecule has 0 bridgehead atoms. The van der Waals surface area contributed by atoms with Crippen molar-refractivity contribution in [3.8, 4) is 5.88 Å². The summed E-state index contributed by atoms with van der Waals surface area (Å²) in [7, 11) is -2.35. The lowest BCUT2D eigenvalue weighted by molar-refractivity contribution is 0.0165. The Morgan fingerprint density at radius 3 is 1.88 bits per heavy atom. The van der Waals surface area contributed by atoms with Gasteiger partial charge in [0.25, 0.3) is 0 Å². The van der Waals surface area contributed by atoms with Crippen LogP contribution in [0.5, 0.6) is 5.88 Å². The Morgan fingerprint density at radius 2 is 1.42 bits per heavy atom. The van der Waals surface area contributed by atoms with Gasteiger partial charge in [-0.15, -0.1) is 0 Å². The van der Waals surface area contributed by atoms with Gasteiger partial charge in [0.1, 0.15) is 29.0 Å². The molecule has 1 aliphatic heterocycles. The van der Waals surface area contributed by atoms with Crippen LogP contribution in [0.1, 0.15) is 67.3 Å². The van der Waals surface area contributed by atoms with E-state index in [4.69, 9.17) is 13.8 Å². The summed E-state index contributed by atoms with van der Waals surface area (Å²) >= 11 is 0. The van der Waals surface area contributed by atoms with Gasteiger partial charge in [-0.05, 0) is 51.8 Å². The average molecular weight is 696 g/mol. The van der Waals surface area contributed by atoms with Gasteiger partial charge in [-0.1, -0.05) is 119 Å². The number of ether oxygens (including phenoxy) is 2. The van der Waals surface area contributed by atoms with Crippen LogP contribution in [0.15, 0.2) is 119 Å². The number of benzene rings is 4. The molecule has 9 nitrogen and oxygen atoms in total. The summed E-state index contributed by atoms with van der Waals surface area (Å²) < 4.78 is 52.0. The molecule has 260 valence electrons. The van der Waals surface area contributed by atoms with E-state index >= 15 is 4.21 Å². The van der Waals surface area contributed by atoms with Gasteiger partial charge in [0.05, 0.1) is 12.7 Å². The molecule has 0 saturated carbocycles. The molecule has 0 fully saturated rings. The monoisotopic (exact) mass is 695 g/mol. The maximum absolute atomic E-state index is 15.9. The van der Waals surface area contributed by atoms with Gasteiger partial charge in [0, 0.05) is 12.8 Å². The molecule has 1 aromatic heterocycles. The fourth-order valence-electron chi connectivity index (χ4n) is 6.37. The average Bonchev–Trinajstić information content (AvgIpc) is 3.56. The molecule has 6 rings (SSSR count). The van der Waals surface area contributed by atoms with Crippen molar-refractivity contribution in [2.75, 3.05) is 19.0 Å². The van der Waals surface area contributed by atoms with Crippen LogP contribution in [0.2, 0.25) is 0 Å². The number of rotatable bonds is 10. The number of urea groups is 1. The Hall–Kier alpha value is -5.00. The summed E-state index contributed by atoms with van der Waals surface area (Å²) in [6, 6.07) is 30.8. The van der Waals surface area contributed by atoms with Gasteiger partial charge in [0.15, 0.2) is 9.92 Å². The van der Waals surface area contributed by atoms with E-state index in [9.17, 15) is 9.18 Å². The van der Waals surface area contributed by atoms with Crippen molar-refractivity contribution in [1.29, 1.82) is 0 Å². The molecule has 0 radical (unpaired) electrons. The molecule has 2 atom stereocenters. The zero-order chi connectivity index (χ0) is 35.5. The third-order valence-electron chi connectivity index (χ3n) is 8.89. The molecule has 2 amide bonds. The number of methoxy groups -OCH3 is 1. The fraction of sp³-hybridized carbons (Fsp3) is 0.282. The van der Waals surface area contributed by atoms with Gasteiger partial charge in [-0.3, -0.25) is 0 Å². The molecule has 50 heavy (non-hydrogen) atoms. The van der Waals surface area contributed by atoms with E-state index in [-0.39, 0.29) is 35.3 Å².